The molecule has 13 nitrogen and oxygen atoms in total. The predicted octanol–water partition coefficient (Wildman–Crippen LogP) is 3.34. The van der Waals surface area contributed by atoms with Gasteiger partial charge in [0.25, 0.3) is 0 Å². The van der Waals surface area contributed by atoms with Crippen molar-refractivity contribution < 1.29 is 38.4 Å². The first-order valence-electron chi connectivity index (χ1n) is 14.0. The van der Waals surface area contributed by atoms with Crippen LogP contribution < -0.4 is 35.0 Å². The Labute approximate surface area is 254 Å². The van der Waals surface area contributed by atoms with Gasteiger partial charge in [0, 0.05) is 34.4 Å². The molecule has 0 fully saturated rings. The van der Waals surface area contributed by atoms with Gasteiger partial charge in [-0.1, -0.05) is 6.07 Å². The van der Waals surface area contributed by atoms with E-state index < -0.39 is 24.3 Å². The van der Waals surface area contributed by atoms with Crippen LogP contribution in [0.5, 0.6) is 23.0 Å². The number of aryl methyl sites for hydroxylation is 1. The van der Waals surface area contributed by atoms with Gasteiger partial charge < -0.3 is 44.0 Å². The van der Waals surface area contributed by atoms with Crippen LogP contribution in [0.25, 0.3) is 5.69 Å². The van der Waals surface area contributed by atoms with Crippen molar-refractivity contribution in [2.45, 2.75) is 40.0 Å². The molecule has 232 valence electrons. The average molecular weight is 606 g/mol. The summed E-state index contributed by atoms with van der Waals surface area (Å²) in [5.74, 6) is 1.61. The largest absolute Gasteiger partial charge is 0.490 e. The molecule has 3 heterocycles. The SMILES string of the molecule is CCOc1cc([C@H]2NC(=O)NC(C)=C2C(=O)OC)ccc1OC[C@@H](O)N/N=C\c1cc(C)n(-c2ccc3c(c2)OCO3)c1C. The van der Waals surface area contributed by atoms with Gasteiger partial charge in [-0.3, -0.25) is 5.43 Å². The van der Waals surface area contributed by atoms with Crippen LogP contribution in [0.15, 0.2) is 58.8 Å². The number of hydrogen-bond acceptors (Lipinski definition) is 10. The molecule has 2 aliphatic rings. The molecule has 2 atom stereocenters. The van der Waals surface area contributed by atoms with Crippen LogP contribution in [0.3, 0.4) is 0 Å². The molecule has 0 aliphatic carbocycles. The number of urea groups is 1. The number of hydrazone groups is 1. The fraction of sp³-hybridized carbons (Fsp3) is 0.323. The summed E-state index contributed by atoms with van der Waals surface area (Å²) in [4.78, 5) is 24.6. The Kier molecular flexibility index (Phi) is 8.95. The predicted molar refractivity (Wildman–Crippen MR) is 160 cm³/mol. The van der Waals surface area contributed by atoms with Gasteiger partial charge >= 0.3 is 12.0 Å². The smallest absolute Gasteiger partial charge is 0.337 e. The molecular weight excluding hydrogens is 570 g/mol. The number of nitrogens with zero attached hydrogens (tertiary/aromatic N) is 2. The maximum atomic E-state index is 12.5. The van der Waals surface area contributed by atoms with Crippen molar-refractivity contribution in [2.24, 2.45) is 5.10 Å². The second-order valence-corrected chi connectivity index (χ2v) is 10.1. The molecule has 0 saturated heterocycles. The maximum Gasteiger partial charge on any atom is 0.337 e. The minimum absolute atomic E-state index is 0.135. The highest BCUT2D eigenvalue weighted by Crippen LogP contribution is 2.36. The van der Waals surface area contributed by atoms with Crippen LogP contribution in [0, 0.1) is 13.8 Å². The van der Waals surface area contributed by atoms with E-state index in [1.807, 2.05) is 45.0 Å². The first kappa shape index (κ1) is 30.3. The molecular formula is C31H35N5O8. The molecule has 0 radical (unpaired) electrons. The summed E-state index contributed by atoms with van der Waals surface area (Å²) in [5.41, 5.74) is 7.73. The van der Waals surface area contributed by atoms with E-state index in [0.717, 1.165) is 28.4 Å². The molecule has 2 aromatic carbocycles. The van der Waals surface area contributed by atoms with E-state index in [9.17, 15) is 14.7 Å². The maximum absolute atomic E-state index is 12.5. The van der Waals surface area contributed by atoms with E-state index >= 15 is 0 Å². The van der Waals surface area contributed by atoms with E-state index in [1.165, 1.54) is 7.11 Å². The Morgan fingerprint density at radius 2 is 1.93 bits per heavy atom. The molecule has 0 unspecified atom stereocenters. The zero-order valence-corrected chi connectivity index (χ0v) is 25.1. The Bertz CT molecular complexity index is 1630. The molecule has 4 N–H and O–H groups in total. The van der Waals surface area contributed by atoms with Crippen LogP contribution >= 0.6 is 0 Å². The van der Waals surface area contributed by atoms with Crippen molar-refractivity contribution in [3.8, 4) is 28.7 Å². The Morgan fingerprint density at radius 3 is 2.70 bits per heavy atom. The second kappa shape index (κ2) is 13.0. The number of allylic oxidation sites excluding steroid dienone is 1. The zero-order valence-electron chi connectivity index (χ0n) is 25.1. The summed E-state index contributed by atoms with van der Waals surface area (Å²) >= 11 is 0. The summed E-state index contributed by atoms with van der Waals surface area (Å²) in [6.45, 7) is 7.85. The number of aromatic nitrogens is 1. The molecule has 5 rings (SSSR count). The van der Waals surface area contributed by atoms with Gasteiger partial charge in [-0.2, -0.15) is 5.10 Å². The number of benzene rings is 2. The molecule has 1 aromatic heterocycles. The quantitative estimate of drug-likeness (QED) is 0.112. The molecule has 0 bridgehead atoms. The van der Waals surface area contributed by atoms with Gasteiger partial charge in [0.15, 0.2) is 29.2 Å². The minimum Gasteiger partial charge on any atom is -0.490 e. The highest BCUT2D eigenvalue weighted by Gasteiger charge is 2.32. The van der Waals surface area contributed by atoms with E-state index in [1.54, 1.807) is 31.3 Å². The molecule has 2 amide bonds. The number of rotatable bonds is 11. The number of methoxy groups -OCH3 is 1. The first-order valence-corrected chi connectivity index (χ1v) is 14.0. The molecule has 3 aromatic rings. The van der Waals surface area contributed by atoms with Crippen molar-refractivity contribution >= 4 is 18.2 Å². The number of hydrogen-bond donors (Lipinski definition) is 4. The van der Waals surface area contributed by atoms with E-state index in [4.69, 9.17) is 23.7 Å². The molecule has 0 saturated carbocycles. The van der Waals surface area contributed by atoms with Crippen molar-refractivity contribution in [1.29, 1.82) is 0 Å². The van der Waals surface area contributed by atoms with Crippen molar-refractivity contribution in [3.05, 3.63) is 76.2 Å². The van der Waals surface area contributed by atoms with Gasteiger partial charge in [-0.25, -0.2) is 9.59 Å². The third-order valence-corrected chi connectivity index (χ3v) is 7.18. The summed E-state index contributed by atoms with van der Waals surface area (Å²) in [7, 11) is 1.28. The number of ether oxygens (including phenoxy) is 5. The van der Waals surface area contributed by atoms with E-state index in [2.05, 4.69) is 25.7 Å². The molecule has 44 heavy (non-hydrogen) atoms. The van der Waals surface area contributed by atoms with Gasteiger partial charge in [-0.05, 0) is 63.6 Å². The minimum atomic E-state index is -1.13. The standard InChI is InChI=1S/C31H35N5O8/c1-6-41-25-12-20(29-28(30(38)40-5)18(3)33-31(39)34-29)7-9-23(25)42-15-27(37)35-32-14-21-11-17(2)36(19(21)4)22-8-10-24-26(13-22)44-16-43-24/h7-14,27,29,35,37H,6,15-16H2,1-5H3,(H2,33,34,39)/b32-14-/t27-,29-/m1/s1. The molecule has 0 spiro atoms. The van der Waals surface area contributed by atoms with Crippen LogP contribution in [0.2, 0.25) is 0 Å². The lowest BCUT2D eigenvalue weighted by Crippen LogP contribution is -2.45. The van der Waals surface area contributed by atoms with Gasteiger partial charge in [-0.15, -0.1) is 0 Å². The Balaban J connectivity index is 1.24. The lowest BCUT2D eigenvalue weighted by atomic mass is 9.95. The second-order valence-electron chi connectivity index (χ2n) is 10.1. The number of carbonyl (C=O) groups is 2. The van der Waals surface area contributed by atoms with E-state index in [-0.39, 0.29) is 19.0 Å². The van der Waals surface area contributed by atoms with E-state index in [0.29, 0.717) is 35.1 Å². The average Bonchev–Trinajstić information content (AvgIpc) is 3.58. The van der Waals surface area contributed by atoms with Gasteiger partial charge in [0.05, 0.1) is 31.5 Å². The summed E-state index contributed by atoms with van der Waals surface area (Å²) in [6, 6.07) is 11.6. The number of carbonyl (C=O) groups excluding carboxylic acids is 2. The number of amides is 2. The number of fused-ring (bicyclic) bond motifs is 1. The lowest BCUT2D eigenvalue weighted by molar-refractivity contribution is -0.136. The van der Waals surface area contributed by atoms with Crippen molar-refractivity contribution in [3.63, 3.8) is 0 Å². The van der Waals surface area contributed by atoms with Crippen LogP contribution in [-0.4, -0.2) is 61.2 Å². The lowest BCUT2D eigenvalue weighted by Gasteiger charge is -2.28. The number of aliphatic hydroxyl groups excluding tert-OH is 1. The van der Waals surface area contributed by atoms with Crippen LogP contribution in [-0.2, 0) is 9.53 Å². The van der Waals surface area contributed by atoms with Crippen LogP contribution in [0.1, 0.15) is 42.4 Å². The first-order chi connectivity index (χ1) is 21.2. The monoisotopic (exact) mass is 605 g/mol. The van der Waals surface area contributed by atoms with Crippen molar-refractivity contribution in [2.75, 3.05) is 27.1 Å². The number of esters is 1. The Hall–Kier alpha value is -5.17. The normalized spacial score (nSPS) is 16.4. The highest BCUT2D eigenvalue weighted by molar-refractivity contribution is 5.95. The van der Waals surface area contributed by atoms with Gasteiger partial charge in [0.1, 0.15) is 6.61 Å². The van der Waals surface area contributed by atoms with Crippen LogP contribution in [0.4, 0.5) is 4.79 Å². The highest BCUT2D eigenvalue weighted by atomic mass is 16.7. The Morgan fingerprint density at radius 1 is 1.14 bits per heavy atom. The summed E-state index contributed by atoms with van der Waals surface area (Å²) < 4.78 is 29.5. The third-order valence-electron chi connectivity index (χ3n) is 7.18. The summed E-state index contributed by atoms with van der Waals surface area (Å²) in [6.07, 6.45) is 0.509. The van der Waals surface area contributed by atoms with Gasteiger partial charge in [0.2, 0.25) is 6.79 Å². The third kappa shape index (κ3) is 6.27. The topological polar surface area (TPSA) is 154 Å². The molecule has 13 heteroatoms. The fourth-order valence-electron chi connectivity index (χ4n) is 5.15. The fourth-order valence-corrected chi connectivity index (χ4v) is 5.15. The number of aliphatic hydroxyl groups is 1. The van der Waals surface area contributed by atoms with Crippen molar-refractivity contribution in [1.82, 2.24) is 20.6 Å². The molecule has 2 aliphatic heterocycles. The summed E-state index contributed by atoms with van der Waals surface area (Å²) in [5, 5.41) is 20.1. The zero-order chi connectivity index (χ0) is 31.4. The number of nitrogens with one attached hydrogen (secondary N) is 3.